The van der Waals surface area contributed by atoms with Crippen molar-refractivity contribution in [3.8, 4) is 0 Å². The lowest BCUT2D eigenvalue weighted by atomic mass is 9.74. The van der Waals surface area contributed by atoms with Crippen molar-refractivity contribution in [1.82, 2.24) is 15.4 Å². The standard InChI is InChI=1S/C16H17ClN4O2/c17-12-8-22-15-11(12)1-2-13(19-15)18-14-7-16(23-20-14)9-21-5-3-10(16)4-6-21/h1-2,8,10H,3-7,9H2,(H,18,19,20). The minimum Gasteiger partial charge on any atom is -0.444 e. The lowest BCUT2D eigenvalue weighted by molar-refractivity contribution is -0.150. The van der Waals surface area contributed by atoms with E-state index in [1.807, 2.05) is 12.1 Å². The van der Waals surface area contributed by atoms with Gasteiger partial charge in [0.25, 0.3) is 0 Å². The summed E-state index contributed by atoms with van der Waals surface area (Å²) < 4.78 is 5.33. The van der Waals surface area contributed by atoms with Gasteiger partial charge in [-0.15, -0.1) is 0 Å². The number of furan rings is 1. The molecule has 23 heavy (non-hydrogen) atoms. The molecule has 0 radical (unpaired) electrons. The Kier molecular flexibility index (Phi) is 2.95. The molecule has 1 atom stereocenters. The smallest absolute Gasteiger partial charge is 0.229 e. The van der Waals surface area contributed by atoms with Crippen molar-refractivity contribution < 1.29 is 9.25 Å². The van der Waals surface area contributed by atoms with Gasteiger partial charge in [-0.25, -0.2) is 4.99 Å². The van der Waals surface area contributed by atoms with Gasteiger partial charge in [0.05, 0.1) is 10.4 Å². The highest BCUT2D eigenvalue weighted by Gasteiger charge is 2.52. The maximum atomic E-state index is 6.02. The number of halogens is 1. The van der Waals surface area contributed by atoms with E-state index < -0.39 is 0 Å². The Morgan fingerprint density at radius 3 is 3.00 bits per heavy atom. The number of fused-ring (bicyclic) bond motifs is 3. The number of hydroxylamine groups is 1. The highest BCUT2D eigenvalue weighted by Crippen LogP contribution is 2.42. The van der Waals surface area contributed by atoms with Crippen molar-refractivity contribution in [3.05, 3.63) is 23.4 Å². The molecule has 6 nitrogen and oxygen atoms in total. The van der Waals surface area contributed by atoms with Crippen LogP contribution in [-0.4, -0.2) is 41.0 Å². The average Bonchev–Trinajstić information content (AvgIpc) is 3.13. The SMILES string of the molecule is Clc1coc2nc(N=C3CC4(CN5CCC4CC5)ON3)ccc12. The molecular weight excluding hydrogens is 316 g/mol. The van der Waals surface area contributed by atoms with Crippen LogP contribution in [0.3, 0.4) is 0 Å². The van der Waals surface area contributed by atoms with Gasteiger partial charge in [0.1, 0.15) is 17.7 Å². The highest BCUT2D eigenvalue weighted by molar-refractivity contribution is 6.35. The molecular formula is C16H17ClN4O2. The van der Waals surface area contributed by atoms with Gasteiger partial charge in [0, 0.05) is 13.0 Å². The molecule has 6 heterocycles. The van der Waals surface area contributed by atoms with Crippen LogP contribution in [0.5, 0.6) is 0 Å². The second-order valence-corrected chi connectivity index (χ2v) is 7.07. The second kappa shape index (κ2) is 4.93. The monoisotopic (exact) mass is 332 g/mol. The lowest BCUT2D eigenvalue weighted by Gasteiger charge is -2.49. The Morgan fingerprint density at radius 2 is 2.22 bits per heavy atom. The van der Waals surface area contributed by atoms with Crippen LogP contribution in [0, 0.1) is 5.92 Å². The van der Waals surface area contributed by atoms with E-state index in [0.29, 0.717) is 22.5 Å². The van der Waals surface area contributed by atoms with Crippen LogP contribution in [0.2, 0.25) is 5.02 Å². The zero-order chi connectivity index (χ0) is 15.4. The van der Waals surface area contributed by atoms with Crippen molar-refractivity contribution >= 4 is 34.4 Å². The van der Waals surface area contributed by atoms with Crippen LogP contribution in [-0.2, 0) is 4.84 Å². The summed E-state index contributed by atoms with van der Waals surface area (Å²) in [6, 6.07) is 3.73. The van der Waals surface area contributed by atoms with E-state index in [9.17, 15) is 0 Å². The van der Waals surface area contributed by atoms with Crippen molar-refractivity contribution in [2.45, 2.75) is 24.9 Å². The van der Waals surface area contributed by atoms with E-state index in [2.05, 4.69) is 20.4 Å². The predicted octanol–water partition coefficient (Wildman–Crippen LogP) is 2.90. The minimum atomic E-state index is -0.118. The molecule has 0 aromatic carbocycles. The first kappa shape index (κ1) is 13.8. The molecule has 2 aromatic heterocycles. The van der Waals surface area contributed by atoms with Crippen LogP contribution < -0.4 is 5.48 Å². The van der Waals surface area contributed by atoms with Crippen molar-refractivity contribution in [2.75, 3.05) is 19.6 Å². The summed E-state index contributed by atoms with van der Waals surface area (Å²) in [4.78, 5) is 17.5. The lowest BCUT2D eigenvalue weighted by Crippen LogP contribution is -2.59. The predicted molar refractivity (Wildman–Crippen MR) is 86.8 cm³/mol. The fourth-order valence-corrected chi connectivity index (χ4v) is 4.28. The topological polar surface area (TPSA) is 62.9 Å². The molecule has 7 heteroatoms. The van der Waals surface area contributed by atoms with E-state index in [4.69, 9.17) is 20.9 Å². The zero-order valence-corrected chi connectivity index (χ0v) is 13.3. The first-order valence-corrected chi connectivity index (χ1v) is 8.37. The minimum absolute atomic E-state index is 0.118. The summed E-state index contributed by atoms with van der Waals surface area (Å²) in [7, 11) is 0. The van der Waals surface area contributed by atoms with E-state index in [0.717, 1.165) is 24.2 Å². The summed E-state index contributed by atoms with van der Waals surface area (Å²) in [6.07, 6.45) is 4.73. The summed E-state index contributed by atoms with van der Waals surface area (Å²) in [5, 5.41) is 1.38. The first-order chi connectivity index (χ1) is 11.2. The molecule has 0 aliphatic carbocycles. The number of piperidine rings is 3. The fourth-order valence-electron chi connectivity index (χ4n) is 4.09. The van der Waals surface area contributed by atoms with Gasteiger partial charge in [-0.05, 0) is 44.0 Å². The second-order valence-electron chi connectivity index (χ2n) is 6.66. The largest absolute Gasteiger partial charge is 0.444 e. The normalized spacial score (nSPS) is 34.6. The molecule has 120 valence electrons. The summed E-state index contributed by atoms with van der Waals surface area (Å²) in [6.45, 7) is 3.38. The molecule has 4 fully saturated rings. The maximum Gasteiger partial charge on any atom is 0.229 e. The Morgan fingerprint density at radius 1 is 1.35 bits per heavy atom. The number of aromatic nitrogens is 1. The fraction of sp³-hybridized carbons (Fsp3) is 0.500. The van der Waals surface area contributed by atoms with Crippen molar-refractivity contribution in [2.24, 2.45) is 10.9 Å². The molecule has 1 unspecified atom stereocenters. The number of amidine groups is 1. The summed E-state index contributed by atoms with van der Waals surface area (Å²) >= 11 is 6.02. The van der Waals surface area contributed by atoms with Crippen LogP contribution in [0.1, 0.15) is 19.3 Å². The Balaban J connectivity index is 1.42. The Hall–Kier alpha value is -1.63. The van der Waals surface area contributed by atoms with Gasteiger partial charge in [-0.2, -0.15) is 4.98 Å². The van der Waals surface area contributed by atoms with Crippen LogP contribution in [0.25, 0.3) is 11.1 Å². The molecule has 2 aromatic rings. The number of nitrogens with one attached hydrogen (secondary N) is 1. The molecule has 4 aliphatic rings. The molecule has 1 spiro atoms. The van der Waals surface area contributed by atoms with Crippen LogP contribution >= 0.6 is 11.6 Å². The number of hydrogen-bond acceptors (Lipinski definition) is 5. The van der Waals surface area contributed by atoms with Gasteiger partial charge in [0.2, 0.25) is 5.71 Å². The molecule has 6 rings (SSSR count). The number of nitrogens with zero attached hydrogens (tertiary/aromatic N) is 3. The van der Waals surface area contributed by atoms with Gasteiger partial charge < -0.3 is 9.32 Å². The molecule has 4 aliphatic heterocycles. The van der Waals surface area contributed by atoms with Crippen molar-refractivity contribution in [1.29, 1.82) is 0 Å². The van der Waals surface area contributed by atoms with E-state index in [1.54, 1.807) is 0 Å². The number of aliphatic imine (C=N–C) groups is 1. The maximum absolute atomic E-state index is 6.02. The summed E-state index contributed by atoms with van der Waals surface area (Å²) in [5.41, 5.74) is 3.42. The van der Waals surface area contributed by atoms with Gasteiger partial charge in [-0.1, -0.05) is 11.6 Å². The number of pyridine rings is 1. The molecule has 0 amide bonds. The first-order valence-electron chi connectivity index (χ1n) is 8.00. The molecule has 1 N–H and O–H groups in total. The van der Waals surface area contributed by atoms with Gasteiger partial charge in [0.15, 0.2) is 5.82 Å². The zero-order valence-electron chi connectivity index (χ0n) is 12.6. The molecule has 4 saturated heterocycles. The van der Waals surface area contributed by atoms with Crippen molar-refractivity contribution in [3.63, 3.8) is 0 Å². The third kappa shape index (κ3) is 2.16. The quantitative estimate of drug-likeness (QED) is 0.870. The van der Waals surface area contributed by atoms with Gasteiger partial charge >= 0.3 is 0 Å². The number of rotatable bonds is 1. The third-order valence-electron chi connectivity index (χ3n) is 5.29. The Bertz CT molecular complexity index is 796. The van der Waals surface area contributed by atoms with Crippen LogP contribution in [0.15, 0.2) is 27.8 Å². The molecule has 0 saturated carbocycles. The Labute approximate surface area is 138 Å². The van der Waals surface area contributed by atoms with E-state index >= 15 is 0 Å². The highest BCUT2D eigenvalue weighted by atomic mass is 35.5. The van der Waals surface area contributed by atoms with E-state index in [-0.39, 0.29) is 5.60 Å². The van der Waals surface area contributed by atoms with Gasteiger partial charge in [-0.3, -0.25) is 10.3 Å². The summed E-state index contributed by atoms with van der Waals surface area (Å²) in [5.74, 6) is 2.06. The molecule has 2 bridgehead atoms. The third-order valence-corrected chi connectivity index (χ3v) is 5.58. The average molecular weight is 333 g/mol. The van der Waals surface area contributed by atoms with Crippen LogP contribution in [0.4, 0.5) is 5.82 Å². The van der Waals surface area contributed by atoms with E-state index in [1.165, 1.54) is 32.2 Å². The number of hydrogen-bond donors (Lipinski definition) is 1.